The Morgan fingerprint density at radius 1 is 1.04 bits per heavy atom. The normalized spacial score (nSPS) is 10.7. The molecule has 0 saturated heterocycles. The van der Waals surface area contributed by atoms with Crippen molar-refractivity contribution < 1.29 is 0 Å². The van der Waals surface area contributed by atoms with E-state index in [-0.39, 0.29) is 0 Å². The van der Waals surface area contributed by atoms with E-state index in [9.17, 15) is 0 Å². The lowest BCUT2D eigenvalue weighted by Gasteiger charge is -2.04. The van der Waals surface area contributed by atoms with E-state index in [1.807, 2.05) is 38.1 Å². The Kier molecular flexibility index (Phi) is 8.59. The van der Waals surface area contributed by atoms with Gasteiger partial charge in [-0.1, -0.05) is 86.7 Å². The SMILES string of the molecule is CC.CCc1ccc(/C(N)=N/C(=S)Sc2ccc(C)cc2)cc1. The summed E-state index contributed by atoms with van der Waals surface area (Å²) in [5.41, 5.74) is 9.42. The van der Waals surface area contributed by atoms with Gasteiger partial charge in [-0.05, 0) is 31.0 Å². The monoisotopic (exact) mass is 344 g/mol. The average Bonchev–Trinajstić information content (AvgIpc) is 2.58. The van der Waals surface area contributed by atoms with Crippen molar-refractivity contribution in [2.45, 2.75) is 39.0 Å². The lowest BCUT2D eigenvalue weighted by molar-refractivity contribution is 1.14. The highest BCUT2D eigenvalue weighted by atomic mass is 32.2. The summed E-state index contributed by atoms with van der Waals surface area (Å²) in [6.07, 6.45) is 1.01. The molecule has 2 nitrogen and oxygen atoms in total. The fourth-order valence-electron chi connectivity index (χ4n) is 1.80. The van der Waals surface area contributed by atoms with Gasteiger partial charge in [-0.3, -0.25) is 0 Å². The molecule has 4 heteroatoms. The third-order valence-corrected chi connectivity index (χ3v) is 4.21. The zero-order valence-corrected chi connectivity index (χ0v) is 15.8. The molecule has 2 N–H and O–H groups in total. The first kappa shape index (κ1) is 19.4. The number of thioether (sulfide) groups is 1. The summed E-state index contributed by atoms with van der Waals surface area (Å²) in [5, 5.41) is 0. The summed E-state index contributed by atoms with van der Waals surface area (Å²) >= 11 is 6.74. The first-order valence-electron chi connectivity index (χ1n) is 7.80. The van der Waals surface area contributed by atoms with Crippen LogP contribution in [0.25, 0.3) is 0 Å². The molecule has 0 amide bonds. The van der Waals surface area contributed by atoms with Crippen LogP contribution < -0.4 is 5.73 Å². The van der Waals surface area contributed by atoms with Gasteiger partial charge < -0.3 is 5.73 Å². The van der Waals surface area contributed by atoms with Gasteiger partial charge in [-0.15, -0.1) is 0 Å². The molecule has 122 valence electrons. The Morgan fingerprint density at radius 3 is 2.13 bits per heavy atom. The van der Waals surface area contributed by atoms with Gasteiger partial charge in [0.05, 0.1) is 0 Å². The van der Waals surface area contributed by atoms with Crippen LogP contribution in [-0.2, 0) is 6.42 Å². The van der Waals surface area contributed by atoms with Crippen LogP contribution in [0, 0.1) is 6.92 Å². The van der Waals surface area contributed by atoms with Crippen LogP contribution in [0.3, 0.4) is 0 Å². The van der Waals surface area contributed by atoms with Crippen LogP contribution in [-0.4, -0.2) is 10.2 Å². The second-order valence-corrected chi connectivity index (χ2v) is 6.44. The van der Waals surface area contributed by atoms with Crippen molar-refractivity contribution in [3.63, 3.8) is 0 Å². The third-order valence-electron chi connectivity index (χ3n) is 3.10. The van der Waals surface area contributed by atoms with E-state index in [1.165, 1.54) is 22.9 Å². The molecule has 0 spiro atoms. The minimum Gasteiger partial charge on any atom is -0.383 e. The molecule has 2 aromatic carbocycles. The van der Waals surface area contributed by atoms with Crippen molar-refractivity contribution in [1.29, 1.82) is 0 Å². The van der Waals surface area contributed by atoms with E-state index in [1.54, 1.807) is 0 Å². The van der Waals surface area contributed by atoms with Gasteiger partial charge in [-0.2, -0.15) is 0 Å². The largest absolute Gasteiger partial charge is 0.383 e. The van der Waals surface area contributed by atoms with Crippen LogP contribution in [0.15, 0.2) is 58.4 Å². The van der Waals surface area contributed by atoms with Gasteiger partial charge in [0.15, 0.2) is 4.32 Å². The van der Waals surface area contributed by atoms with Crippen molar-refractivity contribution >= 4 is 34.1 Å². The summed E-state index contributed by atoms with van der Waals surface area (Å²) in [6, 6.07) is 16.3. The minimum atomic E-state index is 0.460. The van der Waals surface area contributed by atoms with E-state index in [0.717, 1.165) is 16.9 Å². The number of nitrogens with zero attached hydrogens (tertiary/aromatic N) is 1. The van der Waals surface area contributed by atoms with Crippen LogP contribution in [0.4, 0.5) is 0 Å². The molecule has 2 aromatic rings. The van der Waals surface area contributed by atoms with Crippen molar-refractivity contribution in [2.75, 3.05) is 0 Å². The van der Waals surface area contributed by atoms with E-state index >= 15 is 0 Å². The molecule has 0 radical (unpaired) electrons. The smallest absolute Gasteiger partial charge is 0.166 e. The topological polar surface area (TPSA) is 38.4 Å². The summed E-state index contributed by atoms with van der Waals surface area (Å²) in [5.74, 6) is 0.460. The zero-order chi connectivity index (χ0) is 17.2. The quantitative estimate of drug-likeness (QED) is 0.352. The van der Waals surface area contributed by atoms with Crippen molar-refractivity contribution in [2.24, 2.45) is 10.7 Å². The predicted octanol–water partition coefficient (Wildman–Crippen LogP) is 5.37. The maximum atomic E-state index is 6.01. The number of amidine groups is 1. The maximum absolute atomic E-state index is 6.01. The number of aryl methyl sites for hydroxylation is 2. The molecule has 0 aliphatic carbocycles. The second kappa shape index (κ2) is 10.2. The van der Waals surface area contributed by atoms with E-state index in [4.69, 9.17) is 18.0 Å². The Morgan fingerprint density at radius 2 is 1.61 bits per heavy atom. The number of rotatable bonds is 3. The van der Waals surface area contributed by atoms with Crippen LogP contribution in [0.5, 0.6) is 0 Å². The minimum absolute atomic E-state index is 0.460. The molecule has 0 atom stereocenters. The molecule has 0 unspecified atom stereocenters. The Balaban J connectivity index is 0.00000127. The Bertz CT molecular complexity index is 644. The molecule has 0 fully saturated rings. The number of hydrogen-bond donors (Lipinski definition) is 1. The molecule has 0 aliphatic rings. The number of benzene rings is 2. The van der Waals surface area contributed by atoms with E-state index < -0.39 is 0 Å². The Labute approximate surface area is 149 Å². The highest BCUT2D eigenvalue weighted by Crippen LogP contribution is 2.21. The standard InChI is InChI=1S/C17H18N2S2.C2H6/c1-3-13-6-8-14(9-7-13)16(18)19-17(20)21-15-10-4-12(2)5-11-15;1-2/h4-11H,3H2,1-2H3,(H2,18,19,20);1-2H3. The van der Waals surface area contributed by atoms with Gasteiger partial charge in [0.1, 0.15) is 5.84 Å². The molecule has 0 aliphatic heterocycles. The summed E-state index contributed by atoms with van der Waals surface area (Å²) < 4.78 is 0.524. The van der Waals surface area contributed by atoms with E-state index in [2.05, 4.69) is 43.1 Å². The number of aliphatic imine (C=N–C) groups is 1. The van der Waals surface area contributed by atoms with Crippen LogP contribution in [0.1, 0.15) is 37.5 Å². The first-order chi connectivity index (χ1) is 11.1. The summed E-state index contributed by atoms with van der Waals surface area (Å²) in [7, 11) is 0. The Hall–Kier alpha value is -1.65. The number of nitrogens with two attached hydrogens (primary N) is 1. The van der Waals surface area contributed by atoms with Gasteiger partial charge in [0.25, 0.3) is 0 Å². The van der Waals surface area contributed by atoms with Crippen LogP contribution in [0.2, 0.25) is 0 Å². The molecule has 0 heterocycles. The molecular formula is C19H24N2S2. The zero-order valence-electron chi connectivity index (χ0n) is 14.2. The fraction of sp³-hybridized carbons (Fsp3) is 0.263. The molecule has 0 saturated carbocycles. The summed E-state index contributed by atoms with van der Waals surface area (Å²) in [4.78, 5) is 5.38. The molecular weight excluding hydrogens is 320 g/mol. The predicted molar refractivity (Wildman–Crippen MR) is 108 cm³/mol. The lowest BCUT2D eigenvalue weighted by atomic mass is 10.1. The van der Waals surface area contributed by atoms with Gasteiger partial charge >= 0.3 is 0 Å². The van der Waals surface area contributed by atoms with Crippen molar-refractivity contribution in [3.8, 4) is 0 Å². The maximum Gasteiger partial charge on any atom is 0.166 e. The molecule has 23 heavy (non-hydrogen) atoms. The van der Waals surface area contributed by atoms with Crippen molar-refractivity contribution in [1.82, 2.24) is 0 Å². The highest BCUT2D eigenvalue weighted by molar-refractivity contribution is 8.23. The van der Waals surface area contributed by atoms with Crippen molar-refractivity contribution in [3.05, 3.63) is 65.2 Å². The van der Waals surface area contributed by atoms with Gasteiger partial charge in [0.2, 0.25) is 0 Å². The van der Waals surface area contributed by atoms with Gasteiger partial charge in [-0.25, -0.2) is 4.99 Å². The lowest BCUT2D eigenvalue weighted by Crippen LogP contribution is -2.14. The highest BCUT2D eigenvalue weighted by Gasteiger charge is 2.03. The molecule has 0 bridgehead atoms. The summed E-state index contributed by atoms with van der Waals surface area (Å²) in [6.45, 7) is 8.18. The third kappa shape index (κ3) is 6.55. The van der Waals surface area contributed by atoms with Gasteiger partial charge in [0, 0.05) is 10.5 Å². The molecule has 0 aromatic heterocycles. The van der Waals surface area contributed by atoms with Crippen LogP contribution >= 0.6 is 24.0 Å². The fourth-order valence-corrected chi connectivity index (χ4v) is 2.81. The number of thiocarbonyl (C=S) groups is 1. The molecule has 2 rings (SSSR count). The first-order valence-corrected chi connectivity index (χ1v) is 9.03. The second-order valence-electron chi connectivity index (χ2n) is 4.73. The average molecular weight is 345 g/mol. The number of hydrogen-bond acceptors (Lipinski definition) is 2. The van der Waals surface area contributed by atoms with E-state index in [0.29, 0.717) is 10.2 Å².